The number of ketones is 1. The summed E-state index contributed by atoms with van der Waals surface area (Å²) in [6.45, 7) is 0. The van der Waals surface area contributed by atoms with Crippen molar-refractivity contribution < 1.29 is 4.79 Å². The van der Waals surface area contributed by atoms with Crippen LogP contribution in [0, 0.1) is 0 Å². The zero-order valence-electron chi connectivity index (χ0n) is 16.5. The summed E-state index contributed by atoms with van der Waals surface area (Å²) in [5, 5.41) is 8.24. The molecule has 2 atom stereocenters. The third kappa shape index (κ3) is 2.73. The average molecular weight is 408 g/mol. The molecule has 1 aliphatic heterocycles. The Hall–Kier alpha value is -3.17. The van der Waals surface area contributed by atoms with Gasteiger partial charge in [-0.2, -0.15) is 0 Å². The molecule has 0 radical (unpaired) electrons. The SMILES string of the molecule is O=C1CC(c2ccccc2)CC2=C1C(c1cccs1)Nc1ccc3ccccc3c12. The lowest BCUT2D eigenvalue weighted by Crippen LogP contribution is -2.29. The van der Waals surface area contributed by atoms with E-state index in [4.69, 9.17) is 0 Å². The van der Waals surface area contributed by atoms with Crippen LogP contribution in [0.5, 0.6) is 0 Å². The van der Waals surface area contributed by atoms with Crippen molar-refractivity contribution in [2.45, 2.75) is 24.8 Å². The Morgan fingerprint density at radius 2 is 1.67 bits per heavy atom. The van der Waals surface area contributed by atoms with E-state index < -0.39 is 0 Å². The molecule has 3 aromatic carbocycles. The van der Waals surface area contributed by atoms with E-state index in [1.807, 2.05) is 6.07 Å². The number of hydrogen-bond acceptors (Lipinski definition) is 3. The summed E-state index contributed by atoms with van der Waals surface area (Å²) < 4.78 is 0. The summed E-state index contributed by atoms with van der Waals surface area (Å²) >= 11 is 1.71. The molecule has 1 aliphatic carbocycles. The van der Waals surface area contributed by atoms with E-state index in [-0.39, 0.29) is 17.7 Å². The topological polar surface area (TPSA) is 29.1 Å². The van der Waals surface area contributed by atoms with Crippen molar-refractivity contribution in [2.75, 3.05) is 5.32 Å². The van der Waals surface area contributed by atoms with Gasteiger partial charge in [0.25, 0.3) is 0 Å². The van der Waals surface area contributed by atoms with Crippen LogP contribution in [0.25, 0.3) is 16.3 Å². The van der Waals surface area contributed by atoms with Crippen molar-refractivity contribution in [2.24, 2.45) is 0 Å². The maximum atomic E-state index is 13.6. The third-order valence-electron chi connectivity index (χ3n) is 6.43. The monoisotopic (exact) mass is 407 g/mol. The summed E-state index contributed by atoms with van der Waals surface area (Å²) in [5.41, 5.74) is 5.79. The molecule has 6 rings (SSSR count). The van der Waals surface area contributed by atoms with E-state index in [9.17, 15) is 4.79 Å². The Morgan fingerprint density at radius 3 is 2.50 bits per heavy atom. The molecule has 0 bridgehead atoms. The van der Waals surface area contributed by atoms with Crippen LogP contribution in [-0.2, 0) is 4.79 Å². The Morgan fingerprint density at radius 1 is 0.833 bits per heavy atom. The van der Waals surface area contributed by atoms with Gasteiger partial charge in [0.05, 0.1) is 6.04 Å². The molecule has 146 valence electrons. The Balaban J connectivity index is 1.59. The van der Waals surface area contributed by atoms with E-state index >= 15 is 0 Å². The fraction of sp³-hybridized carbons (Fsp3) is 0.148. The molecule has 0 spiro atoms. The van der Waals surface area contributed by atoms with Gasteiger partial charge in [-0.1, -0.05) is 66.7 Å². The Kier molecular flexibility index (Phi) is 4.10. The van der Waals surface area contributed by atoms with Gasteiger partial charge in [0.15, 0.2) is 5.78 Å². The number of benzene rings is 3. The second-order valence-electron chi connectivity index (χ2n) is 8.13. The maximum absolute atomic E-state index is 13.6. The second kappa shape index (κ2) is 6.96. The smallest absolute Gasteiger partial charge is 0.162 e. The van der Waals surface area contributed by atoms with E-state index in [0.717, 1.165) is 17.7 Å². The average Bonchev–Trinajstić information content (AvgIpc) is 3.33. The standard InChI is InChI=1S/C27H21NOS/c29-23-16-19(17-7-2-1-3-8-17)15-21-25-20-10-5-4-9-18(20)12-13-22(25)28-27(26(21)23)24-11-6-14-30-24/h1-14,19,27-28H,15-16H2. The van der Waals surface area contributed by atoms with Crippen molar-refractivity contribution in [3.05, 3.63) is 106 Å². The quantitative estimate of drug-likeness (QED) is 0.389. The van der Waals surface area contributed by atoms with Crippen LogP contribution in [-0.4, -0.2) is 5.78 Å². The molecular weight excluding hydrogens is 386 g/mol. The van der Waals surface area contributed by atoms with Gasteiger partial charge >= 0.3 is 0 Å². The van der Waals surface area contributed by atoms with Gasteiger partial charge in [-0.05, 0) is 51.8 Å². The third-order valence-corrected chi connectivity index (χ3v) is 7.36. The van der Waals surface area contributed by atoms with Gasteiger partial charge in [0.2, 0.25) is 0 Å². The van der Waals surface area contributed by atoms with Crippen LogP contribution in [0.4, 0.5) is 5.69 Å². The molecule has 30 heavy (non-hydrogen) atoms. The zero-order chi connectivity index (χ0) is 20.1. The van der Waals surface area contributed by atoms with Crippen molar-refractivity contribution in [3.8, 4) is 0 Å². The first-order valence-electron chi connectivity index (χ1n) is 10.4. The summed E-state index contributed by atoms with van der Waals surface area (Å²) in [6.07, 6.45) is 1.47. The minimum atomic E-state index is -0.0575. The number of carbonyl (C=O) groups is 1. The highest BCUT2D eigenvalue weighted by molar-refractivity contribution is 7.10. The minimum absolute atomic E-state index is 0.0575. The number of rotatable bonds is 2. The molecule has 0 fully saturated rings. The second-order valence-corrected chi connectivity index (χ2v) is 9.11. The molecule has 0 saturated carbocycles. The fourth-order valence-corrected chi connectivity index (χ4v) is 5.86. The Bertz CT molecular complexity index is 1290. The normalized spacial score (nSPS) is 20.6. The highest BCUT2D eigenvalue weighted by atomic mass is 32.1. The van der Waals surface area contributed by atoms with Gasteiger partial charge in [0.1, 0.15) is 0 Å². The molecule has 3 heteroatoms. The predicted octanol–water partition coefficient (Wildman–Crippen LogP) is 6.97. The number of thiophene rings is 1. The van der Waals surface area contributed by atoms with Gasteiger partial charge in [0, 0.05) is 28.1 Å². The van der Waals surface area contributed by atoms with Crippen LogP contribution in [0.2, 0.25) is 0 Å². The molecule has 4 aromatic rings. The highest BCUT2D eigenvalue weighted by Gasteiger charge is 2.38. The predicted molar refractivity (Wildman–Crippen MR) is 125 cm³/mol. The number of fused-ring (bicyclic) bond motifs is 4. The van der Waals surface area contributed by atoms with Crippen LogP contribution >= 0.6 is 11.3 Å². The molecular formula is C27H21NOS. The molecule has 2 nitrogen and oxygen atoms in total. The summed E-state index contributed by atoms with van der Waals surface area (Å²) in [5.74, 6) is 0.501. The van der Waals surface area contributed by atoms with Crippen molar-refractivity contribution in [3.63, 3.8) is 0 Å². The molecule has 1 aromatic heterocycles. The molecule has 2 aliphatic rings. The first-order chi connectivity index (χ1) is 14.8. The Labute approximate surface area is 179 Å². The number of carbonyl (C=O) groups excluding carboxylic acids is 1. The van der Waals surface area contributed by atoms with Crippen LogP contribution in [0.1, 0.15) is 40.8 Å². The van der Waals surface area contributed by atoms with Crippen molar-refractivity contribution >= 4 is 39.2 Å². The first kappa shape index (κ1) is 17.7. The number of hydrogen-bond donors (Lipinski definition) is 1. The number of Topliss-reactive ketones (excluding diaryl/α,β-unsaturated/α-hetero) is 1. The first-order valence-corrected chi connectivity index (χ1v) is 11.3. The van der Waals surface area contributed by atoms with E-state index in [1.54, 1.807) is 11.3 Å². The summed E-state index contributed by atoms with van der Waals surface area (Å²) in [7, 11) is 0. The number of anilines is 1. The highest BCUT2D eigenvalue weighted by Crippen LogP contribution is 2.51. The van der Waals surface area contributed by atoms with E-state index in [0.29, 0.717) is 6.42 Å². The lowest BCUT2D eigenvalue weighted by molar-refractivity contribution is -0.116. The van der Waals surface area contributed by atoms with Gasteiger partial charge in [-0.3, -0.25) is 4.79 Å². The zero-order valence-corrected chi connectivity index (χ0v) is 17.3. The molecule has 1 N–H and O–H groups in total. The van der Waals surface area contributed by atoms with E-state index in [2.05, 4.69) is 83.5 Å². The minimum Gasteiger partial charge on any atom is -0.373 e. The van der Waals surface area contributed by atoms with Gasteiger partial charge < -0.3 is 5.32 Å². The van der Waals surface area contributed by atoms with Gasteiger partial charge in [-0.15, -0.1) is 11.3 Å². The van der Waals surface area contributed by atoms with Crippen molar-refractivity contribution in [1.82, 2.24) is 0 Å². The van der Waals surface area contributed by atoms with E-state index in [1.165, 1.54) is 32.3 Å². The summed E-state index contributed by atoms with van der Waals surface area (Å²) in [4.78, 5) is 14.8. The maximum Gasteiger partial charge on any atom is 0.162 e. The number of allylic oxidation sites excluding steroid dienone is 1. The van der Waals surface area contributed by atoms with Crippen LogP contribution < -0.4 is 5.32 Å². The summed E-state index contributed by atoms with van der Waals surface area (Å²) in [6, 6.07) is 27.5. The largest absolute Gasteiger partial charge is 0.373 e. The molecule has 2 heterocycles. The molecule has 2 unspecified atom stereocenters. The molecule has 0 amide bonds. The van der Waals surface area contributed by atoms with Crippen molar-refractivity contribution in [1.29, 1.82) is 0 Å². The molecule has 0 saturated heterocycles. The van der Waals surface area contributed by atoms with Gasteiger partial charge in [-0.25, -0.2) is 0 Å². The van der Waals surface area contributed by atoms with Crippen LogP contribution in [0.15, 0.2) is 89.8 Å². The fourth-order valence-electron chi connectivity index (χ4n) is 5.08. The van der Waals surface area contributed by atoms with Crippen LogP contribution in [0.3, 0.4) is 0 Å². The lowest BCUT2D eigenvalue weighted by Gasteiger charge is -2.37. The number of nitrogens with one attached hydrogen (secondary N) is 1. The lowest BCUT2D eigenvalue weighted by atomic mass is 9.72.